The van der Waals surface area contributed by atoms with Crippen molar-refractivity contribution in [3.8, 4) is 11.4 Å². The number of benzene rings is 1. The Kier molecular flexibility index (Phi) is 5.80. The van der Waals surface area contributed by atoms with E-state index < -0.39 is 5.82 Å². The van der Waals surface area contributed by atoms with Crippen molar-refractivity contribution < 1.29 is 9.13 Å². The molecule has 1 saturated carbocycles. The van der Waals surface area contributed by atoms with E-state index in [0.717, 1.165) is 18.9 Å². The number of aromatic nitrogens is 2. The van der Waals surface area contributed by atoms with Gasteiger partial charge in [-0.15, -0.1) is 0 Å². The van der Waals surface area contributed by atoms with E-state index >= 15 is 0 Å². The van der Waals surface area contributed by atoms with E-state index in [-0.39, 0.29) is 5.02 Å². The first-order valence-corrected chi connectivity index (χ1v) is 8.81. The van der Waals surface area contributed by atoms with Crippen LogP contribution in [0.4, 0.5) is 4.39 Å². The smallest absolute Gasteiger partial charge is 0.159 e. The summed E-state index contributed by atoms with van der Waals surface area (Å²) in [6.07, 6.45) is 9.74. The van der Waals surface area contributed by atoms with Crippen LogP contribution in [-0.2, 0) is 4.74 Å². The lowest BCUT2D eigenvalue weighted by atomic mass is 9.78. The zero-order chi connectivity index (χ0) is 16.9. The van der Waals surface area contributed by atoms with Gasteiger partial charge in [0.15, 0.2) is 5.82 Å². The molecule has 0 aliphatic heterocycles. The summed E-state index contributed by atoms with van der Waals surface area (Å²) in [5.41, 5.74) is 1.82. The molecule has 1 aromatic carbocycles. The molecule has 3 rings (SSSR count). The predicted molar refractivity (Wildman–Crippen MR) is 93.6 cm³/mol. The highest BCUT2D eigenvalue weighted by Gasteiger charge is 2.22. The van der Waals surface area contributed by atoms with E-state index in [1.165, 1.54) is 43.4 Å². The van der Waals surface area contributed by atoms with Gasteiger partial charge in [-0.1, -0.05) is 11.6 Å². The van der Waals surface area contributed by atoms with Gasteiger partial charge in [-0.25, -0.2) is 14.4 Å². The van der Waals surface area contributed by atoms with Crippen LogP contribution in [-0.4, -0.2) is 23.7 Å². The SMILES string of the molecule is COCC[C@H]1CC[C@H](c2cnc(-c3ccc(Cl)c(F)c3)nc2)CC1. The van der Waals surface area contributed by atoms with Gasteiger partial charge in [0.1, 0.15) is 5.82 Å². The quantitative estimate of drug-likeness (QED) is 0.740. The molecule has 24 heavy (non-hydrogen) atoms. The standard InChI is InChI=1S/C19H22ClFN2O/c1-24-9-8-13-2-4-14(5-3-13)16-11-22-19(23-12-16)15-6-7-17(20)18(21)10-15/h6-7,10-14H,2-5,8-9H2,1H3/t13-,14-. The van der Waals surface area contributed by atoms with Gasteiger partial charge in [0.05, 0.1) is 5.02 Å². The monoisotopic (exact) mass is 348 g/mol. The molecule has 0 amide bonds. The third kappa shape index (κ3) is 4.11. The second-order valence-electron chi connectivity index (χ2n) is 6.47. The highest BCUT2D eigenvalue weighted by Crippen LogP contribution is 2.36. The molecular weight excluding hydrogens is 327 g/mol. The number of hydrogen-bond acceptors (Lipinski definition) is 3. The summed E-state index contributed by atoms with van der Waals surface area (Å²) in [6.45, 7) is 0.852. The van der Waals surface area contributed by atoms with E-state index in [4.69, 9.17) is 16.3 Å². The number of halogens is 2. The van der Waals surface area contributed by atoms with Gasteiger partial charge in [0.2, 0.25) is 0 Å². The average Bonchev–Trinajstić information content (AvgIpc) is 2.63. The molecule has 0 unspecified atom stereocenters. The summed E-state index contributed by atoms with van der Waals surface area (Å²) in [5.74, 6) is 1.39. The van der Waals surface area contributed by atoms with Gasteiger partial charge in [-0.2, -0.15) is 0 Å². The zero-order valence-corrected chi connectivity index (χ0v) is 14.6. The van der Waals surface area contributed by atoms with Gasteiger partial charge in [0, 0.05) is 31.7 Å². The molecule has 0 saturated heterocycles. The van der Waals surface area contributed by atoms with Crippen LogP contribution in [0.1, 0.15) is 43.6 Å². The van der Waals surface area contributed by atoms with Crippen LogP contribution in [0.15, 0.2) is 30.6 Å². The average molecular weight is 349 g/mol. The Hall–Kier alpha value is -1.52. The summed E-state index contributed by atoms with van der Waals surface area (Å²) < 4.78 is 18.7. The number of hydrogen-bond donors (Lipinski definition) is 0. The van der Waals surface area contributed by atoms with Crippen molar-refractivity contribution in [1.82, 2.24) is 9.97 Å². The van der Waals surface area contributed by atoms with Gasteiger partial charge in [-0.05, 0) is 67.7 Å². The van der Waals surface area contributed by atoms with Gasteiger partial charge >= 0.3 is 0 Å². The van der Waals surface area contributed by atoms with Crippen LogP contribution in [0, 0.1) is 11.7 Å². The van der Waals surface area contributed by atoms with Crippen LogP contribution in [0.25, 0.3) is 11.4 Å². The van der Waals surface area contributed by atoms with Crippen molar-refractivity contribution in [3.63, 3.8) is 0 Å². The molecule has 3 nitrogen and oxygen atoms in total. The molecule has 0 atom stereocenters. The van der Waals surface area contributed by atoms with E-state index in [1.807, 2.05) is 12.4 Å². The van der Waals surface area contributed by atoms with Crippen LogP contribution in [0.2, 0.25) is 5.02 Å². The molecular formula is C19H22ClFN2O. The van der Waals surface area contributed by atoms with Crippen molar-refractivity contribution in [2.24, 2.45) is 5.92 Å². The molecule has 128 valence electrons. The molecule has 1 aliphatic rings. The summed E-state index contributed by atoms with van der Waals surface area (Å²) in [5, 5.41) is 0.112. The maximum Gasteiger partial charge on any atom is 0.159 e. The molecule has 2 aromatic rings. The van der Waals surface area contributed by atoms with Crippen molar-refractivity contribution in [3.05, 3.63) is 47.0 Å². The molecule has 1 fully saturated rings. The Bertz CT molecular complexity index is 670. The summed E-state index contributed by atoms with van der Waals surface area (Å²) in [6, 6.07) is 4.64. The van der Waals surface area contributed by atoms with E-state index in [1.54, 1.807) is 13.2 Å². The van der Waals surface area contributed by atoms with Crippen molar-refractivity contribution in [1.29, 1.82) is 0 Å². The first kappa shape index (κ1) is 17.3. The minimum Gasteiger partial charge on any atom is -0.385 e. The topological polar surface area (TPSA) is 35.0 Å². The second-order valence-corrected chi connectivity index (χ2v) is 6.88. The lowest BCUT2D eigenvalue weighted by Crippen LogP contribution is -2.15. The Labute approximate surface area is 147 Å². The van der Waals surface area contributed by atoms with Crippen LogP contribution < -0.4 is 0 Å². The maximum absolute atomic E-state index is 13.6. The number of ether oxygens (including phenoxy) is 1. The first-order chi connectivity index (χ1) is 11.7. The Balaban J connectivity index is 1.64. The normalized spacial score (nSPS) is 21.0. The van der Waals surface area contributed by atoms with E-state index in [2.05, 4.69) is 9.97 Å². The first-order valence-electron chi connectivity index (χ1n) is 8.43. The van der Waals surface area contributed by atoms with Crippen molar-refractivity contribution >= 4 is 11.6 Å². The molecule has 1 aliphatic carbocycles. The lowest BCUT2D eigenvalue weighted by Gasteiger charge is -2.28. The summed E-state index contributed by atoms with van der Waals surface area (Å²) in [7, 11) is 1.76. The van der Waals surface area contributed by atoms with Gasteiger partial charge < -0.3 is 4.74 Å². The maximum atomic E-state index is 13.6. The summed E-state index contributed by atoms with van der Waals surface area (Å²) in [4.78, 5) is 8.85. The third-order valence-corrected chi connectivity index (χ3v) is 5.20. The fourth-order valence-electron chi connectivity index (χ4n) is 3.40. The number of methoxy groups -OCH3 is 1. The summed E-state index contributed by atoms with van der Waals surface area (Å²) >= 11 is 5.71. The van der Waals surface area contributed by atoms with Crippen LogP contribution in [0.5, 0.6) is 0 Å². The highest BCUT2D eigenvalue weighted by atomic mass is 35.5. The second kappa shape index (κ2) is 8.04. The molecule has 0 bridgehead atoms. The highest BCUT2D eigenvalue weighted by molar-refractivity contribution is 6.30. The predicted octanol–water partition coefficient (Wildman–Crippen LogP) is 5.25. The minimum absolute atomic E-state index is 0.112. The van der Waals surface area contributed by atoms with Crippen molar-refractivity contribution in [2.75, 3.05) is 13.7 Å². The largest absolute Gasteiger partial charge is 0.385 e. The van der Waals surface area contributed by atoms with Crippen LogP contribution >= 0.6 is 11.6 Å². The fourth-order valence-corrected chi connectivity index (χ4v) is 3.52. The third-order valence-electron chi connectivity index (χ3n) is 4.90. The minimum atomic E-state index is -0.448. The Morgan fingerprint density at radius 2 is 1.88 bits per heavy atom. The van der Waals surface area contributed by atoms with Gasteiger partial charge in [-0.3, -0.25) is 0 Å². The van der Waals surface area contributed by atoms with Crippen LogP contribution in [0.3, 0.4) is 0 Å². The Morgan fingerprint density at radius 1 is 1.17 bits per heavy atom. The lowest BCUT2D eigenvalue weighted by molar-refractivity contribution is 0.163. The molecule has 0 radical (unpaired) electrons. The fraction of sp³-hybridized carbons (Fsp3) is 0.474. The number of rotatable bonds is 5. The van der Waals surface area contributed by atoms with E-state index in [0.29, 0.717) is 17.3 Å². The number of nitrogens with zero attached hydrogens (tertiary/aromatic N) is 2. The molecule has 1 heterocycles. The zero-order valence-electron chi connectivity index (χ0n) is 13.8. The molecule has 0 N–H and O–H groups in total. The molecule has 0 spiro atoms. The van der Waals surface area contributed by atoms with Crippen molar-refractivity contribution in [2.45, 2.75) is 38.0 Å². The van der Waals surface area contributed by atoms with Gasteiger partial charge in [0.25, 0.3) is 0 Å². The van der Waals surface area contributed by atoms with E-state index in [9.17, 15) is 4.39 Å². The molecule has 5 heteroatoms. The Morgan fingerprint density at radius 3 is 2.50 bits per heavy atom. The molecule has 1 aromatic heterocycles.